The van der Waals surface area contributed by atoms with Crippen LogP contribution in [-0.4, -0.2) is 53.2 Å². The Kier molecular flexibility index (Phi) is 6.59. The zero-order valence-corrected chi connectivity index (χ0v) is 16.0. The molecule has 1 aliphatic rings. The van der Waals surface area contributed by atoms with Crippen LogP contribution in [0.2, 0.25) is 0 Å². The van der Waals surface area contributed by atoms with Gasteiger partial charge in [0, 0.05) is 50.1 Å². The highest BCUT2D eigenvalue weighted by Crippen LogP contribution is 2.25. The Morgan fingerprint density at radius 3 is 2.96 bits per heavy atom. The number of benzene rings is 1. The fourth-order valence-electron chi connectivity index (χ4n) is 3.44. The molecule has 2 aromatic rings. The fourth-order valence-corrected chi connectivity index (χ4v) is 3.44. The molecule has 1 amide bonds. The first-order chi connectivity index (χ1) is 13.5. The summed E-state index contributed by atoms with van der Waals surface area (Å²) in [5, 5.41) is 14.0. The number of likely N-dealkylation sites (tertiary alicyclic amines) is 1. The lowest BCUT2D eigenvalue weighted by atomic mass is 9.91. The van der Waals surface area contributed by atoms with Crippen molar-refractivity contribution < 1.29 is 19.0 Å². The number of halogens is 1. The van der Waals surface area contributed by atoms with Crippen molar-refractivity contribution in [2.75, 3.05) is 26.7 Å². The second-order valence-electron chi connectivity index (χ2n) is 7.07. The molecule has 0 spiro atoms. The Labute approximate surface area is 164 Å². The van der Waals surface area contributed by atoms with E-state index in [9.17, 15) is 14.3 Å². The first-order valence-electron chi connectivity index (χ1n) is 9.46. The smallest absolute Gasteiger partial charge is 0.256 e. The molecule has 2 heterocycles. The molecule has 2 N–H and O–H groups in total. The lowest BCUT2D eigenvalue weighted by molar-refractivity contribution is -0.157. The van der Waals surface area contributed by atoms with Crippen LogP contribution in [0, 0.1) is 5.82 Å². The molecular formula is C21H26FN3O3. The van der Waals surface area contributed by atoms with Crippen LogP contribution in [0.5, 0.6) is 5.75 Å². The van der Waals surface area contributed by atoms with E-state index in [1.54, 1.807) is 18.3 Å². The molecule has 0 saturated carbocycles. The molecule has 1 fully saturated rings. The molecule has 150 valence electrons. The molecule has 6 nitrogen and oxygen atoms in total. The van der Waals surface area contributed by atoms with Crippen LogP contribution in [0.25, 0.3) is 0 Å². The highest BCUT2D eigenvalue weighted by atomic mass is 19.1. The number of piperidine rings is 1. The van der Waals surface area contributed by atoms with Crippen LogP contribution < -0.4 is 10.1 Å². The van der Waals surface area contributed by atoms with Crippen molar-refractivity contribution in [1.82, 2.24) is 15.2 Å². The number of methoxy groups -OCH3 is 1. The predicted molar refractivity (Wildman–Crippen MR) is 103 cm³/mol. The van der Waals surface area contributed by atoms with E-state index in [1.165, 1.54) is 18.1 Å². The van der Waals surface area contributed by atoms with Gasteiger partial charge < -0.3 is 20.1 Å². The van der Waals surface area contributed by atoms with Crippen LogP contribution >= 0.6 is 0 Å². The molecule has 1 atom stereocenters. The lowest BCUT2D eigenvalue weighted by Crippen LogP contribution is -2.57. The Hall–Kier alpha value is -2.51. The van der Waals surface area contributed by atoms with Gasteiger partial charge in [0.2, 0.25) is 0 Å². The number of rotatable bonds is 8. The van der Waals surface area contributed by atoms with Gasteiger partial charge in [0.15, 0.2) is 5.60 Å². The number of amides is 1. The summed E-state index contributed by atoms with van der Waals surface area (Å²) >= 11 is 0. The van der Waals surface area contributed by atoms with Gasteiger partial charge in [0.1, 0.15) is 11.6 Å². The molecule has 0 unspecified atom stereocenters. The molecule has 0 bridgehead atoms. The summed E-state index contributed by atoms with van der Waals surface area (Å²) < 4.78 is 19.3. The number of carbonyl (C=O) groups is 1. The molecule has 0 radical (unpaired) electrons. The molecule has 3 rings (SSSR count). The Balaban J connectivity index is 1.58. The quantitative estimate of drug-likeness (QED) is 0.677. The maximum absolute atomic E-state index is 14.1. The first kappa shape index (κ1) is 20.2. The monoisotopic (exact) mass is 387 g/mol. The van der Waals surface area contributed by atoms with Gasteiger partial charge in [-0.05, 0) is 43.2 Å². The standard InChI is InChI=1S/C21H26FN3O3/c1-28-18-6-7-19(22)16(13-18)14-25-12-4-9-21(27,20(25)26)15-23-11-8-17-5-2-3-10-24-17/h2-3,5-7,10,13,23,27H,4,8-9,11-12,14-15H2,1H3/t21-/m1/s1. The maximum Gasteiger partial charge on any atom is 0.256 e. The Morgan fingerprint density at radius 1 is 1.36 bits per heavy atom. The molecule has 7 heteroatoms. The molecule has 1 aromatic heterocycles. The second-order valence-corrected chi connectivity index (χ2v) is 7.07. The molecule has 1 saturated heterocycles. The summed E-state index contributed by atoms with van der Waals surface area (Å²) in [6.45, 7) is 1.37. The van der Waals surface area contributed by atoms with Gasteiger partial charge in [-0.15, -0.1) is 0 Å². The summed E-state index contributed by atoms with van der Waals surface area (Å²) in [6.07, 6.45) is 3.50. The summed E-state index contributed by atoms with van der Waals surface area (Å²) in [5.74, 6) is -0.227. The summed E-state index contributed by atoms with van der Waals surface area (Å²) in [5.41, 5.74) is -0.148. The van der Waals surface area contributed by atoms with Crippen LogP contribution in [0.15, 0.2) is 42.6 Å². The summed E-state index contributed by atoms with van der Waals surface area (Å²) in [4.78, 5) is 18.6. The fraction of sp³-hybridized carbons (Fsp3) is 0.429. The minimum Gasteiger partial charge on any atom is -0.497 e. The molecule has 0 aliphatic carbocycles. The zero-order chi connectivity index (χ0) is 20.0. The van der Waals surface area contributed by atoms with Gasteiger partial charge in [-0.1, -0.05) is 6.07 Å². The summed E-state index contributed by atoms with van der Waals surface area (Å²) in [7, 11) is 1.51. The van der Waals surface area contributed by atoms with Crippen molar-refractivity contribution in [3.8, 4) is 5.75 Å². The Bertz CT molecular complexity index is 803. The Morgan fingerprint density at radius 2 is 2.21 bits per heavy atom. The number of nitrogens with zero attached hydrogens (tertiary/aromatic N) is 2. The topological polar surface area (TPSA) is 74.7 Å². The predicted octanol–water partition coefficient (Wildman–Crippen LogP) is 1.92. The van der Waals surface area contributed by atoms with Gasteiger partial charge in [0.25, 0.3) is 5.91 Å². The number of hydrogen-bond donors (Lipinski definition) is 2. The van der Waals surface area contributed by atoms with Crippen LogP contribution in [0.1, 0.15) is 24.1 Å². The average Bonchev–Trinajstić information content (AvgIpc) is 2.71. The largest absolute Gasteiger partial charge is 0.497 e. The number of nitrogens with one attached hydrogen (secondary N) is 1. The maximum atomic E-state index is 14.1. The van der Waals surface area contributed by atoms with E-state index in [1.807, 2.05) is 18.2 Å². The van der Waals surface area contributed by atoms with E-state index in [-0.39, 0.29) is 19.0 Å². The first-order valence-corrected chi connectivity index (χ1v) is 9.46. The second kappa shape index (κ2) is 9.12. The highest BCUT2D eigenvalue weighted by molar-refractivity contribution is 5.86. The number of ether oxygens (including phenoxy) is 1. The normalized spacial score (nSPS) is 19.7. The zero-order valence-electron chi connectivity index (χ0n) is 16.0. The number of pyridine rings is 1. The lowest BCUT2D eigenvalue weighted by Gasteiger charge is -2.38. The van der Waals surface area contributed by atoms with Gasteiger partial charge in [-0.2, -0.15) is 0 Å². The van der Waals surface area contributed by atoms with Crippen molar-refractivity contribution in [2.45, 2.75) is 31.4 Å². The van der Waals surface area contributed by atoms with Crippen LogP contribution in [0.3, 0.4) is 0 Å². The summed E-state index contributed by atoms with van der Waals surface area (Å²) in [6, 6.07) is 10.2. The van der Waals surface area contributed by atoms with E-state index in [2.05, 4.69) is 10.3 Å². The van der Waals surface area contributed by atoms with Gasteiger partial charge in [-0.3, -0.25) is 9.78 Å². The van der Waals surface area contributed by atoms with Gasteiger partial charge in [-0.25, -0.2) is 4.39 Å². The van der Waals surface area contributed by atoms with Crippen molar-refractivity contribution in [1.29, 1.82) is 0 Å². The average molecular weight is 387 g/mol. The molecular weight excluding hydrogens is 361 g/mol. The van der Waals surface area contributed by atoms with Crippen molar-refractivity contribution in [3.05, 3.63) is 59.7 Å². The van der Waals surface area contributed by atoms with E-state index in [0.29, 0.717) is 43.7 Å². The SMILES string of the molecule is COc1ccc(F)c(CN2CCC[C@@](O)(CNCCc3ccccn3)C2=O)c1. The van der Waals surface area contributed by atoms with Crippen molar-refractivity contribution in [3.63, 3.8) is 0 Å². The van der Waals surface area contributed by atoms with Gasteiger partial charge in [0.05, 0.1) is 7.11 Å². The van der Waals surface area contributed by atoms with E-state index < -0.39 is 11.4 Å². The third-order valence-corrected chi connectivity index (χ3v) is 5.02. The highest BCUT2D eigenvalue weighted by Gasteiger charge is 2.41. The van der Waals surface area contributed by atoms with E-state index in [0.717, 1.165) is 5.69 Å². The van der Waals surface area contributed by atoms with E-state index in [4.69, 9.17) is 4.74 Å². The number of aliphatic hydroxyl groups is 1. The van der Waals surface area contributed by atoms with E-state index >= 15 is 0 Å². The molecule has 1 aromatic carbocycles. The van der Waals surface area contributed by atoms with Crippen molar-refractivity contribution >= 4 is 5.91 Å². The minimum atomic E-state index is -1.47. The minimum absolute atomic E-state index is 0.109. The third-order valence-electron chi connectivity index (χ3n) is 5.02. The molecule has 1 aliphatic heterocycles. The van der Waals surface area contributed by atoms with Crippen LogP contribution in [0.4, 0.5) is 4.39 Å². The number of aromatic nitrogens is 1. The number of hydrogen-bond acceptors (Lipinski definition) is 5. The van der Waals surface area contributed by atoms with Crippen molar-refractivity contribution in [2.24, 2.45) is 0 Å². The van der Waals surface area contributed by atoms with Gasteiger partial charge >= 0.3 is 0 Å². The molecule has 28 heavy (non-hydrogen) atoms. The van der Waals surface area contributed by atoms with Crippen LogP contribution in [-0.2, 0) is 17.8 Å². The third kappa shape index (κ3) is 4.85. The number of carbonyl (C=O) groups excluding carboxylic acids is 1.